The second-order valence-corrected chi connectivity index (χ2v) is 7.18. The summed E-state index contributed by atoms with van der Waals surface area (Å²) in [7, 11) is 0. The van der Waals surface area contributed by atoms with Crippen LogP contribution in [-0.4, -0.2) is 26.6 Å². The van der Waals surface area contributed by atoms with Gasteiger partial charge in [0.05, 0.1) is 5.75 Å². The lowest BCUT2D eigenvalue weighted by molar-refractivity contribution is -0.113. The highest BCUT2D eigenvalue weighted by atomic mass is 35.5. The van der Waals surface area contributed by atoms with E-state index < -0.39 is 0 Å². The molecule has 0 spiro atoms. The first-order valence-corrected chi connectivity index (χ1v) is 9.28. The topological polar surface area (TPSA) is 67.8 Å². The zero-order valence-corrected chi connectivity index (χ0v) is 15.1. The van der Waals surface area contributed by atoms with Gasteiger partial charge in [0.2, 0.25) is 5.91 Å². The largest absolute Gasteiger partial charge is 0.301 e. The second kappa shape index (κ2) is 7.74. The molecule has 0 unspecified atom stereocenters. The number of aromatic nitrogens is 3. The number of carbonyl (C=O) groups is 1. The molecule has 5 nitrogen and oxygen atoms in total. The number of anilines is 1. The quantitative estimate of drug-likeness (QED) is 0.531. The lowest BCUT2D eigenvalue weighted by atomic mass is 10.2. The van der Waals surface area contributed by atoms with Crippen LogP contribution in [0.15, 0.2) is 46.9 Å². The van der Waals surface area contributed by atoms with Crippen LogP contribution in [0, 0.1) is 6.92 Å². The van der Waals surface area contributed by atoms with Crippen molar-refractivity contribution >= 4 is 45.7 Å². The van der Waals surface area contributed by atoms with Crippen molar-refractivity contribution in [1.29, 1.82) is 0 Å². The Hall–Kier alpha value is -1.96. The molecule has 3 rings (SSSR count). The predicted octanol–water partition coefficient (Wildman–Crippen LogP) is 4.29. The zero-order valence-electron chi connectivity index (χ0n) is 12.7. The van der Waals surface area contributed by atoms with E-state index in [-0.39, 0.29) is 11.7 Å². The van der Waals surface area contributed by atoms with Gasteiger partial charge in [-0.2, -0.15) is 0 Å². The highest BCUT2D eigenvalue weighted by Gasteiger charge is 2.09. The summed E-state index contributed by atoms with van der Waals surface area (Å²) in [5.74, 6) is 0.737. The van der Waals surface area contributed by atoms with E-state index >= 15 is 0 Å². The number of benzene rings is 1. The molecule has 1 amide bonds. The van der Waals surface area contributed by atoms with Gasteiger partial charge in [0.1, 0.15) is 5.03 Å². The third-order valence-electron chi connectivity index (χ3n) is 2.94. The van der Waals surface area contributed by atoms with Crippen molar-refractivity contribution in [2.75, 3.05) is 11.1 Å². The van der Waals surface area contributed by atoms with Gasteiger partial charge >= 0.3 is 0 Å². The maximum atomic E-state index is 11.9. The third-order valence-corrected chi connectivity index (χ3v) is 4.78. The first kappa shape index (κ1) is 16.9. The number of amides is 1. The van der Waals surface area contributed by atoms with Crippen LogP contribution in [-0.2, 0) is 4.79 Å². The maximum absolute atomic E-state index is 11.9. The number of hydrogen-bond donors (Lipinski definition) is 1. The maximum Gasteiger partial charge on any atom is 0.236 e. The molecular formula is C16H13ClN4OS2. The van der Waals surface area contributed by atoms with Crippen molar-refractivity contribution in [2.24, 2.45) is 0 Å². The molecule has 0 radical (unpaired) electrons. The molecule has 0 aliphatic heterocycles. The first-order valence-electron chi connectivity index (χ1n) is 7.04. The number of nitrogens with one attached hydrogen (secondary N) is 1. The molecular weight excluding hydrogens is 364 g/mol. The van der Waals surface area contributed by atoms with Crippen molar-refractivity contribution in [2.45, 2.75) is 11.9 Å². The van der Waals surface area contributed by atoms with Gasteiger partial charge in [-0.05, 0) is 25.1 Å². The summed E-state index contributed by atoms with van der Waals surface area (Å²) in [5.41, 5.74) is 1.68. The van der Waals surface area contributed by atoms with E-state index in [0.717, 1.165) is 16.3 Å². The highest BCUT2D eigenvalue weighted by Crippen LogP contribution is 2.24. The fraction of sp³-hybridized carbons (Fsp3) is 0.125. The van der Waals surface area contributed by atoms with Gasteiger partial charge < -0.3 is 5.32 Å². The fourth-order valence-electron chi connectivity index (χ4n) is 1.95. The van der Waals surface area contributed by atoms with Gasteiger partial charge in [-0.15, -0.1) is 11.3 Å². The molecule has 24 heavy (non-hydrogen) atoms. The Morgan fingerprint density at radius 2 is 2.21 bits per heavy atom. The van der Waals surface area contributed by atoms with Gasteiger partial charge in [-0.25, -0.2) is 15.0 Å². The van der Waals surface area contributed by atoms with E-state index in [1.54, 1.807) is 12.3 Å². The number of nitrogens with zero attached hydrogens (tertiary/aromatic N) is 3. The summed E-state index contributed by atoms with van der Waals surface area (Å²) in [6, 6.07) is 9.25. The molecule has 2 aromatic heterocycles. The number of thiazole rings is 1. The fourth-order valence-corrected chi connectivity index (χ4v) is 3.44. The van der Waals surface area contributed by atoms with Gasteiger partial charge in [-0.3, -0.25) is 4.79 Å². The second-order valence-electron chi connectivity index (χ2n) is 4.86. The van der Waals surface area contributed by atoms with Crippen LogP contribution in [0.4, 0.5) is 5.13 Å². The molecule has 8 heteroatoms. The molecule has 0 saturated carbocycles. The smallest absolute Gasteiger partial charge is 0.236 e. The van der Waals surface area contributed by atoms with Crippen LogP contribution in [0.3, 0.4) is 0 Å². The van der Waals surface area contributed by atoms with E-state index in [9.17, 15) is 4.79 Å². The Bertz CT molecular complexity index is 855. The third kappa shape index (κ3) is 4.53. The minimum Gasteiger partial charge on any atom is -0.301 e. The molecule has 0 fully saturated rings. The van der Waals surface area contributed by atoms with E-state index in [4.69, 9.17) is 11.6 Å². The number of halogens is 1. The Morgan fingerprint density at radius 3 is 2.96 bits per heavy atom. The molecule has 1 aromatic carbocycles. The Balaban J connectivity index is 1.71. The van der Waals surface area contributed by atoms with E-state index in [0.29, 0.717) is 16.0 Å². The normalized spacial score (nSPS) is 10.6. The first-order chi connectivity index (χ1) is 11.6. The molecule has 0 aliphatic carbocycles. The number of rotatable bonds is 5. The van der Waals surface area contributed by atoms with E-state index in [1.165, 1.54) is 23.1 Å². The average Bonchev–Trinajstić information content (AvgIpc) is 3.05. The van der Waals surface area contributed by atoms with Gasteiger partial charge in [0, 0.05) is 27.9 Å². The lowest BCUT2D eigenvalue weighted by Gasteiger charge is -2.06. The lowest BCUT2D eigenvalue weighted by Crippen LogP contribution is -2.13. The minimum absolute atomic E-state index is 0.115. The standard InChI is InChI=1S/C16H13ClN4OS2/c1-10-7-14(24-9-13(22)20-16-18-5-6-23-16)21-15(19-10)11-3-2-4-12(17)8-11/h2-8H,9H2,1H3,(H,18,20,22). The number of hydrogen-bond acceptors (Lipinski definition) is 6. The van der Waals surface area contributed by atoms with Crippen molar-refractivity contribution in [3.8, 4) is 11.4 Å². The SMILES string of the molecule is Cc1cc(SCC(=O)Nc2nccs2)nc(-c2cccc(Cl)c2)n1. The molecule has 1 N–H and O–H groups in total. The van der Waals surface area contributed by atoms with Crippen LogP contribution in [0.2, 0.25) is 5.02 Å². The van der Waals surface area contributed by atoms with Crippen LogP contribution < -0.4 is 5.32 Å². The van der Waals surface area contributed by atoms with Gasteiger partial charge in [-0.1, -0.05) is 35.5 Å². The van der Waals surface area contributed by atoms with Crippen LogP contribution in [0.5, 0.6) is 0 Å². The summed E-state index contributed by atoms with van der Waals surface area (Å²) < 4.78 is 0. The van der Waals surface area contributed by atoms with E-state index in [1.807, 2.05) is 36.6 Å². The summed E-state index contributed by atoms with van der Waals surface area (Å²) >= 11 is 8.77. The number of carbonyl (C=O) groups excluding carboxylic acids is 1. The van der Waals surface area contributed by atoms with E-state index in [2.05, 4.69) is 20.3 Å². The Labute approximate surface area is 152 Å². The van der Waals surface area contributed by atoms with Crippen molar-refractivity contribution in [3.63, 3.8) is 0 Å². The minimum atomic E-state index is -0.115. The summed E-state index contributed by atoms with van der Waals surface area (Å²) in [5, 5.41) is 6.53. The summed E-state index contributed by atoms with van der Waals surface area (Å²) in [6.45, 7) is 1.90. The molecule has 0 bridgehead atoms. The van der Waals surface area contributed by atoms with Crippen LogP contribution >= 0.6 is 34.7 Å². The van der Waals surface area contributed by atoms with Crippen molar-refractivity contribution in [1.82, 2.24) is 15.0 Å². The summed E-state index contributed by atoms with van der Waals surface area (Å²) in [6.07, 6.45) is 1.65. The molecule has 122 valence electrons. The van der Waals surface area contributed by atoms with Crippen molar-refractivity contribution < 1.29 is 4.79 Å². The zero-order chi connectivity index (χ0) is 16.9. The monoisotopic (exact) mass is 376 g/mol. The molecule has 2 heterocycles. The molecule has 0 aliphatic rings. The molecule has 0 saturated heterocycles. The number of thioether (sulfide) groups is 1. The molecule has 0 atom stereocenters. The average molecular weight is 377 g/mol. The number of aryl methyl sites for hydroxylation is 1. The Morgan fingerprint density at radius 1 is 1.33 bits per heavy atom. The van der Waals surface area contributed by atoms with Gasteiger partial charge in [0.15, 0.2) is 11.0 Å². The highest BCUT2D eigenvalue weighted by molar-refractivity contribution is 7.99. The predicted molar refractivity (Wildman–Crippen MR) is 98.7 cm³/mol. The van der Waals surface area contributed by atoms with Crippen molar-refractivity contribution in [3.05, 3.63) is 52.6 Å². The molecule has 3 aromatic rings. The summed E-state index contributed by atoms with van der Waals surface area (Å²) in [4.78, 5) is 24.9. The van der Waals surface area contributed by atoms with Gasteiger partial charge in [0.25, 0.3) is 0 Å². The van der Waals surface area contributed by atoms with Crippen LogP contribution in [0.25, 0.3) is 11.4 Å². The van der Waals surface area contributed by atoms with Crippen LogP contribution in [0.1, 0.15) is 5.69 Å². The Kier molecular flexibility index (Phi) is 5.44.